The van der Waals surface area contributed by atoms with E-state index in [0.717, 1.165) is 5.56 Å². The van der Waals surface area contributed by atoms with E-state index in [0.29, 0.717) is 22.2 Å². The predicted octanol–water partition coefficient (Wildman–Crippen LogP) is 3.06. The number of benzene rings is 1. The fourth-order valence-corrected chi connectivity index (χ4v) is 3.32. The first kappa shape index (κ1) is 16.9. The summed E-state index contributed by atoms with van der Waals surface area (Å²) in [6.07, 6.45) is 0. The maximum Gasteiger partial charge on any atom is 0.261 e. The molecule has 0 radical (unpaired) electrons. The molecule has 0 aliphatic rings. The number of aromatic amines is 1. The van der Waals surface area contributed by atoms with Crippen LogP contribution in [0.3, 0.4) is 0 Å². The van der Waals surface area contributed by atoms with Crippen LogP contribution in [-0.4, -0.2) is 16.8 Å². The van der Waals surface area contributed by atoms with Gasteiger partial charge >= 0.3 is 0 Å². The van der Waals surface area contributed by atoms with Crippen molar-refractivity contribution in [2.75, 3.05) is 5.32 Å². The molecule has 0 saturated carbocycles. The number of pyridine rings is 1. The number of fused-ring (bicyclic) bond motifs is 1. The molecule has 128 valence electrons. The van der Waals surface area contributed by atoms with E-state index in [2.05, 4.69) is 10.3 Å². The van der Waals surface area contributed by atoms with Gasteiger partial charge in [0.2, 0.25) is 0 Å². The molecule has 1 aromatic carbocycles. The molecule has 2 amide bonds. The van der Waals surface area contributed by atoms with Crippen molar-refractivity contribution in [3.8, 4) is 0 Å². The van der Waals surface area contributed by atoms with Crippen LogP contribution in [0.1, 0.15) is 46.0 Å². The lowest BCUT2D eigenvalue weighted by molar-refractivity contribution is 0.0997. The van der Waals surface area contributed by atoms with Crippen LogP contribution in [0, 0.1) is 0 Å². The number of H-pyrrole nitrogens is 1. The van der Waals surface area contributed by atoms with E-state index < -0.39 is 11.5 Å². The first-order valence-electron chi connectivity index (χ1n) is 7.71. The monoisotopic (exact) mass is 355 g/mol. The maximum absolute atomic E-state index is 12.9. The highest BCUT2D eigenvalue weighted by Gasteiger charge is 2.20. The van der Waals surface area contributed by atoms with E-state index in [9.17, 15) is 14.4 Å². The first-order chi connectivity index (χ1) is 11.9. The van der Waals surface area contributed by atoms with Gasteiger partial charge in [-0.15, -0.1) is 0 Å². The van der Waals surface area contributed by atoms with Gasteiger partial charge in [0.05, 0.1) is 16.8 Å². The fraction of sp³-hybridized carbons (Fsp3) is 0.167. The summed E-state index contributed by atoms with van der Waals surface area (Å²) >= 11 is 1.47. The second kappa shape index (κ2) is 6.52. The summed E-state index contributed by atoms with van der Waals surface area (Å²) in [6.45, 7) is 3.94. The summed E-state index contributed by atoms with van der Waals surface area (Å²) in [5.74, 6) is -1.04. The summed E-state index contributed by atoms with van der Waals surface area (Å²) in [5.41, 5.74) is 6.79. The van der Waals surface area contributed by atoms with Gasteiger partial charge in [-0.3, -0.25) is 14.4 Å². The van der Waals surface area contributed by atoms with Crippen LogP contribution in [0.4, 0.5) is 5.69 Å². The normalized spacial score (nSPS) is 11.0. The minimum atomic E-state index is -0.805. The van der Waals surface area contributed by atoms with Gasteiger partial charge in [-0.1, -0.05) is 26.0 Å². The van der Waals surface area contributed by atoms with Crippen molar-refractivity contribution < 1.29 is 9.59 Å². The molecule has 2 aromatic heterocycles. The van der Waals surface area contributed by atoms with Crippen LogP contribution in [0.5, 0.6) is 0 Å². The Bertz CT molecular complexity index is 1020. The average molecular weight is 355 g/mol. The van der Waals surface area contributed by atoms with E-state index in [-0.39, 0.29) is 17.4 Å². The predicted molar refractivity (Wildman–Crippen MR) is 99.4 cm³/mol. The van der Waals surface area contributed by atoms with Gasteiger partial charge < -0.3 is 16.0 Å². The lowest BCUT2D eigenvalue weighted by atomic mass is 9.93. The molecule has 6 nitrogen and oxygen atoms in total. The van der Waals surface area contributed by atoms with Crippen molar-refractivity contribution in [1.29, 1.82) is 0 Å². The number of carbonyl (C=O) groups is 2. The number of nitrogens with one attached hydrogen (secondary N) is 2. The van der Waals surface area contributed by atoms with Crippen molar-refractivity contribution in [2.45, 2.75) is 19.8 Å². The highest BCUT2D eigenvalue weighted by molar-refractivity contribution is 7.08. The van der Waals surface area contributed by atoms with Crippen LogP contribution in [0.15, 0.2) is 39.8 Å². The molecule has 0 bridgehead atoms. The second-order valence-electron chi connectivity index (χ2n) is 5.99. The Morgan fingerprint density at radius 3 is 2.60 bits per heavy atom. The molecule has 3 aromatic rings. The summed E-state index contributed by atoms with van der Waals surface area (Å²) in [6, 6.07) is 6.83. The molecule has 3 rings (SSSR count). The van der Waals surface area contributed by atoms with Crippen LogP contribution in [0.25, 0.3) is 10.9 Å². The Labute approximate surface area is 147 Å². The number of hydrogen-bond donors (Lipinski definition) is 3. The highest BCUT2D eigenvalue weighted by Crippen LogP contribution is 2.27. The minimum Gasteiger partial charge on any atom is -0.365 e. The van der Waals surface area contributed by atoms with E-state index in [1.807, 2.05) is 30.7 Å². The third kappa shape index (κ3) is 3.18. The summed E-state index contributed by atoms with van der Waals surface area (Å²) in [4.78, 5) is 39.1. The Morgan fingerprint density at radius 1 is 1.24 bits per heavy atom. The number of anilines is 1. The van der Waals surface area contributed by atoms with Crippen LogP contribution in [0.2, 0.25) is 0 Å². The van der Waals surface area contributed by atoms with Crippen molar-refractivity contribution in [2.24, 2.45) is 5.73 Å². The number of rotatable bonds is 4. The fourth-order valence-electron chi connectivity index (χ4n) is 2.73. The molecule has 0 atom stereocenters. The molecule has 2 heterocycles. The van der Waals surface area contributed by atoms with Gasteiger partial charge in [-0.05, 0) is 34.4 Å². The first-order valence-corrected chi connectivity index (χ1v) is 8.66. The summed E-state index contributed by atoms with van der Waals surface area (Å²) in [7, 11) is 0. The Hall–Kier alpha value is -2.93. The standard InChI is InChI=1S/C18H17N3O3S/c1-9(2)12-4-3-10-7-13(16(19)22)17(23)21-15(10)14(12)18(24)20-11-5-6-25-8-11/h3-9H,1-2H3,(H2,19,22)(H,20,24)(H,21,23). The van der Waals surface area contributed by atoms with E-state index >= 15 is 0 Å². The molecule has 0 fully saturated rings. The van der Waals surface area contributed by atoms with Crippen LogP contribution in [-0.2, 0) is 0 Å². The molecule has 0 aliphatic heterocycles. The Balaban J connectivity index is 2.24. The Kier molecular flexibility index (Phi) is 4.41. The van der Waals surface area contributed by atoms with Crippen LogP contribution < -0.4 is 16.6 Å². The smallest absolute Gasteiger partial charge is 0.261 e. The Morgan fingerprint density at radius 2 is 2.00 bits per heavy atom. The SMILES string of the molecule is CC(C)c1ccc2cc(C(N)=O)c(=O)[nH]c2c1C(=O)Nc1ccsc1. The third-order valence-electron chi connectivity index (χ3n) is 3.95. The van der Waals surface area contributed by atoms with Gasteiger partial charge in [0.15, 0.2) is 0 Å². The molecule has 4 N–H and O–H groups in total. The number of carbonyl (C=O) groups excluding carboxylic acids is 2. The van der Waals surface area contributed by atoms with Gasteiger partial charge in [-0.25, -0.2) is 0 Å². The zero-order chi connectivity index (χ0) is 18.1. The zero-order valence-corrected chi connectivity index (χ0v) is 14.6. The molecule has 7 heteroatoms. The van der Waals surface area contributed by atoms with Crippen molar-refractivity contribution in [1.82, 2.24) is 4.98 Å². The number of primary amides is 1. The van der Waals surface area contributed by atoms with Crippen molar-refractivity contribution in [3.63, 3.8) is 0 Å². The van der Waals surface area contributed by atoms with Crippen molar-refractivity contribution in [3.05, 3.63) is 62.1 Å². The quantitative estimate of drug-likeness (QED) is 0.670. The van der Waals surface area contributed by atoms with E-state index in [4.69, 9.17) is 5.73 Å². The molecule has 0 unspecified atom stereocenters. The molecule has 25 heavy (non-hydrogen) atoms. The highest BCUT2D eigenvalue weighted by atomic mass is 32.1. The summed E-state index contributed by atoms with van der Waals surface area (Å²) in [5, 5.41) is 7.11. The number of hydrogen-bond acceptors (Lipinski definition) is 4. The van der Waals surface area contributed by atoms with Crippen molar-refractivity contribution >= 4 is 39.7 Å². The molecular weight excluding hydrogens is 338 g/mol. The largest absolute Gasteiger partial charge is 0.365 e. The van der Waals surface area contributed by atoms with E-state index in [1.165, 1.54) is 17.4 Å². The zero-order valence-electron chi connectivity index (χ0n) is 13.8. The van der Waals surface area contributed by atoms with Gasteiger partial charge in [0, 0.05) is 5.38 Å². The van der Waals surface area contributed by atoms with Gasteiger partial charge in [0.25, 0.3) is 17.4 Å². The number of nitrogens with two attached hydrogens (primary N) is 1. The number of amides is 2. The molecule has 0 aliphatic carbocycles. The third-order valence-corrected chi connectivity index (χ3v) is 4.63. The van der Waals surface area contributed by atoms with Crippen LogP contribution >= 0.6 is 11.3 Å². The number of thiophene rings is 1. The molecule has 0 spiro atoms. The summed E-state index contributed by atoms with van der Waals surface area (Å²) < 4.78 is 0. The van der Waals surface area contributed by atoms with E-state index in [1.54, 1.807) is 12.1 Å². The maximum atomic E-state index is 12.9. The number of aromatic nitrogens is 1. The van der Waals surface area contributed by atoms with Gasteiger partial charge in [-0.2, -0.15) is 11.3 Å². The average Bonchev–Trinajstić information content (AvgIpc) is 3.05. The van der Waals surface area contributed by atoms with Gasteiger partial charge in [0.1, 0.15) is 5.56 Å². The minimum absolute atomic E-state index is 0.0759. The lowest BCUT2D eigenvalue weighted by Crippen LogP contribution is -2.24. The topological polar surface area (TPSA) is 105 Å². The molecular formula is C18H17N3O3S. The lowest BCUT2D eigenvalue weighted by Gasteiger charge is -2.15. The molecule has 0 saturated heterocycles. The second-order valence-corrected chi connectivity index (χ2v) is 6.77.